The van der Waals surface area contributed by atoms with Gasteiger partial charge in [0.25, 0.3) is 0 Å². The third-order valence-corrected chi connectivity index (χ3v) is 0. The molecule has 0 aromatic carbocycles. The van der Waals surface area contributed by atoms with Gasteiger partial charge in [0, 0.05) is 88.7 Å². The summed E-state index contributed by atoms with van der Waals surface area (Å²) in [6.07, 6.45) is 0. The minimum atomic E-state index is 0. The summed E-state index contributed by atoms with van der Waals surface area (Å²) in [5.41, 5.74) is 0. The first-order valence-corrected chi connectivity index (χ1v) is 0. The van der Waals surface area contributed by atoms with Crippen molar-refractivity contribution in [2.75, 3.05) is 0 Å². The molecule has 7 heavy (non-hydrogen) atoms. The van der Waals surface area contributed by atoms with E-state index in [1.165, 1.54) is 0 Å². The Balaban J connectivity index is 0. The first-order chi connectivity index (χ1) is 0. The molecule has 0 heterocycles. The van der Waals surface area contributed by atoms with Crippen LogP contribution in [-0.2, 0) is 0 Å². The molecule has 0 aromatic rings. The molecule has 0 saturated carbocycles. The molecule has 8 N–H and O–H groups in total. The van der Waals surface area contributed by atoms with E-state index in [2.05, 4.69) is 0 Å². The zero-order chi connectivity index (χ0) is 0. The molecule has 0 amide bonds. The van der Waals surface area contributed by atoms with Gasteiger partial charge in [0.2, 0.25) is 0 Å². The van der Waals surface area contributed by atoms with E-state index in [4.69, 9.17) is 0 Å². The minimum Gasteiger partial charge on any atom is -0.412 e. The van der Waals surface area contributed by atoms with Crippen LogP contribution in [0.3, 0.4) is 0 Å². The fraction of sp³-hybridized carbons (Fsp3) is 0. The minimum absolute atomic E-state index is 0. The van der Waals surface area contributed by atoms with Crippen LogP contribution in [-0.4, -0.2) is 111 Å². The van der Waals surface area contributed by atoms with E-state index in [1.807, 2.05) is 0 Å². The summed E-state index contributed by atoms with van der Waals surface area (Å²) < 4.78 is 0. The summed E-state index contributed by atoms with van der Waals surface area (Å²) in [6, 6.07) is 0. The SMILES string of the molecule is O.O.O.O.[Na].[Na].[Na]. The van der Waals surface area contributed by atoms with Crippen molar-refractivity contribution in [1.82, 2.24) is 0 Å². The largest absolute Gasteiger partial charge is 0.412 e. The Bertz CT molecular complexity index is 6.90. The molecule has 4 nitrogen and oxygen atoms in total. The van der Waals surface area contributed by atoms with Crippen molar-refractivity contribution < 1.29 is 21.9 Å². The first kappa shape index (κ1) is 95.3. The van der Waals surface area contributed by atoms with Gasteiger partial charge in [-0.2, -0.15) is 0 Å². The molecular weight excluding hydrogens is 133 g/mol. The normalized spacial score (nSPS) is 0. The van der Waals surface area contributed by atoms with Crippen LogP contribution < -0.4 is 0 Å². The van der Waals surface area contributed by atoms with Crippen molar-refractivity contribution in [3.05, 3.63) is 0 Å². The number of rotatable bonds is 0. The Labute approximate surface area is 109 Å². The second kappa shape index (κ2) is 67.4. The molecule has 0 saturated heterocycles. The standard InChI is InChI=1S/3Na.4H2O/h;;;4*1H2. The molecule has 0 aromatic heterocycles. The molecule has 0 spiro atoms. The van der Waals surface area contributed by atoms with Gasteiger partial charge in [-0.05, 0) is 0 Å². The van der Waals surface area contributed by atoms with Crippen LogP contribution in [0.5, 0.6) is 0 Å². The van der Waals surface area contributed by atoms with Crippen molar-refractivity contribution >= 4 is 88.7 Å². The Morgan fingerprint density at radius 3 is 0.286 bits per heavy atom. The van der Waals surface area contributed by atoms with E-state index in [1.54, 1.807) is 0 Å². The molecule has 0 bridgehead atoms. The zero-order valence-electron chi connectivity index (χ0n) is 5.00. The van der Waals surface area contributed by atoms with Gasteiger partial charge in [0.05, 0.1) is 0 Å². The van der Waals surface area contributed by atoms with Crippen LogP contribution in [0.2, 0.25) is 0 Å². The average molecular weight is 141 g/mol. The van der Waals surface area contributed by atoms with Crippen LogP contribution in [0.15, 0.2) is 0 Å². The summed E-state index contributed by atoms with van der Waals surface area (Å²) in [7, 11) is 0. The number of hydrogen-bond donors (Lipinski definition) is 0. The molecule has 0 atom stereocenters. The predicted octanol–water partition coefficient (Wildman–Crippen LogP) is -4.44. The van der Waals surface area contributed by atoms with Crippen molar-refractivity contribution in [3.8, 4) is 0 Å². The average Bonchev–Trinajstić information content (AvgIpc) is 0. The Morgan fingerprint density at radius 1 is 0.286 bits per heavy atom. The zero-order valence-corrected chi connectivity index (χ0v) is 11.0. The second-order valence-corrected chi connectivity index (χ2v) is 0. The van der Waals surface area contributed by atoms with Gasteiger partial charge in [-0.25, -0.2) is 0 Å². The molecule has 3 radical (unpaired) electrons. The van der Waals surface area contributed by atoms with Gasteiger partial charge >= 0.3 is 0 Å². The van der Waals surface area contributed by atoms with Gasteiger partial charge in [0.1, 0.15) is 0 Å². The molecule has 35 valence electrons. The van der Waals surface area contributed by atoms with Crippen LogP contribution in [0.1, 0.15) is 0 Å². The van der Waals surface area contributed by atoms with Crippen molar-refractivity contribution in [2.24, 2.45) is 0 Å². The van der Waals surface area contributed by atoms with Crippen LogP contribution in [0.4, 0.5) is 0 Å². The first-order valence-electron chi connectivity index (χ1n) is 0. The monoisotopic (exact) mass is 141 g/mol. The molecule has 0 unspecified atom stereocenters. The van der Waals surface area contributed by atoms with E-state index >= 15 is 0 Å². The fourth-order valence-electron chi connectivity index (χ4n) is 0. The fourth-order valence-corrected chi connectivity index (χ4v) is 0. The molecule has 0 fully saturated rings. The maximum Gasteiger partial charge on any atom is 0 e. The van der Waals surface area contributed by atoms with Crippen LogP contribution in [0.25, 0.3) is 0 Å². The molecule has 0 aliphatic carbocycles. The quantitative estimate of drug-likeness (QED) is 0.302. The van der Waals surface area contributed by atoms with Gasteiger partial charge in [0.15, 0.2) is 0 Å². The molecular formula is H8Na3O4. The molecule has 0 aliphatic rings. The topological polar surface area (TPSA) is 126 Å². The maximum absolute atomic E-state index is 0. The number of hydrogen-bond acceptors (Lipinski definition) is 0. The van der Waals surface area contributed by atoms with E-state index in [-0.39, 0.29) is 111 Å². The second-order valence-electron chi connectivity index (χ2n) is 0. The summed E-state index contributed by atoms with van der Waals surface area (Å²) in [5, 5.41) is 0. The van der Waals surface area contributed by atoms with E-state index in [0.717, 1.165) is 0 Å². The van der Waals surface area contributed by atoms with Crippen molar-refractivity contribution in [3.63, 3.8) is 0 Å². The predicted molar refractivity (Wildman–Crippen MR) is 31.7 cm³/mol. The van der Waals surface area contributed by atoms with E-state index in [9.17, 15) is 0 Å². The maximum atomic E-state index is 0. The summed E-state index contributed by atoms with van der Waals surface area (Å²) in [4.78, 5) is 0. The summed E-state index contributed by atoms with van der Waals surface area (Å²) >= 11 is 0. The smallest absolute Gasteiger partial charge is 0 e. The van der Waals surface area contributed by atoms with Crippen molar-refractivity contribution in [1.29, 1.82) is 0 Å². The Hall–Kier alpha value is 2.84. The molecule has 0 rings (SSSR count). The van der Waals surface area contributed by atoms with Crippen molar-refractivity contribution in [2.45, 2.75) is 0 Å². The van der Waals surface area contributed by atoms with E-state index in [0.29, 0.717) is 0 Å². The Kier molecular flexibility index (Phi) is 918. The van der Waals surface area contributed by atoms with Crippen LogP contribution in [0, 0.1) is 0 Å². The van der Waals surface area contributed by atoms with Gasteiger partial charge in [-0.15, -0.1) is 0 Å². The molecule has 7 heteroatoms. The summed E-state index contributed by atoms with van der Waals surface area (Å²) in [6.45, 7) is 0. The van der Waals surface area contributed by atoms with Crippen LogP contribution >= 0.6 is 0 Å². The third-order valence-electron chi connectivity index (χ3n) is 0. The van der Waals surface area contributed by atoms with E-state index < -0.39 is 0 Å². The molecule has 0 aliphatic heterocycles. The van der Waals surface area contributed by atoms with Gasteiger partial charge in [-0.1, -0.05) is 0 Å². The van der Waals surface area contributed by atoms with Gasteiger partial charge < -0.3 is 21.9 Å². The third kappa shape index (κ3) is 51.3. The summed E-state index contributed by atoms with van der Waals surface area (Å²) in [5.74, 6) is 0. The Morgan fingerprint density at radius 2 is 0.286 bits per heavy atom. The van der Waals surface area contributed by atoms with Gasteiger partial charge in [-0.3, -0.25) is 0 Å².